The fourth-order valence-electron chi connectivity index (χ4n) is 3.66. The van der Waals surface area contributed by atoms with Gasteiger partial charge in [0.15, 0.2) is 0 Å². The molecule has 0 aromatic rings. The molecule has 0 aromatic heterocycles. The van der Waals surface area contributed by atoms with Gasteiger partial charge in [-0.05, 0) is 30.6 Å². The minimum Gasteiger partial charge on any atom is -0.381 e. The molecule has 2 fully saturated rings. The molecule has 2 aliphatic heterocycles. The zero-order valence-corrected chi connectivity index (χ0v) is 14.0. The van der Waals surface area contributed by atoms with Crippen molar-refractivity contribution in [2.24, 2.45) is 11.3 Å². The molecule has 2 saturated heterocycles. The summed E-state index contributed by atoms with van der Waals surface area (Å²) >= 11 is 0. The first kappa shape index (κ1) is 16.3. The summed E-state index contributed by atoms with van der Waals surface area (Å²) < 4.78 is 5.55. The molecule has 0 saturated carbocycles. The minimum absolute atomic E-state index is 0.461. The number of nitrogens with zero attached hydrogens (tertiary/aromatic N) is 1. The van der Waals surface area contributed by atoms with E-state index in [0.717, 1.165) is 31.7 Å². The number of nitrogens with one attached hydrogen (secondary N) is 1. The van der Waals surface area contributed by atoms with E-state index >= 15 is 0 Å². The second-order valence-corrected chi connectivity index (χ2v) is 7.31. The fraction of sp³-hybridized carbons (Fsp3) is 1.00. The largest absolute Gasteiger partial charge is 0.381 e. The van der Waals surface area contributed by atoms with Crippen LogP contribution in [0.4, 0.5) is 0 Å². The zero-order valence-electron chi connectivity index (χ0n) is 14.0. The van der Waals surface area contributed by atoms with Gasteiger partial charge in [-0.3, -0.25) is 4.90 Å². The third-order valence-electron chi connectivity index (χ3n) is 5.65. The van der Waals surface area contributed by atoms with Crippen molar-refractivity contribution in [3.05, 3.63) is 0 Å². The van der Waals surface area contributed by atoms with Crippen molar-refractivity contribution in [2.75, 3.05) is 32.8 Å². The highest BCUT2D eigenvalue weighted by molar-refractivity contribution is 4.91. The zero-order chi connectivity index (χ0) is 14.6. The van der Waals surface area contributed by atoms with Gasteiger partial charge in [0.1, 0.15) is 0 Å². The second-order valence-electron chi connectivity index (χ2n) is 7.31. The van der Waals surface area contributed by atoms with Crippen LogP contribution in [0.1, 0.15) is 53.4 Å². The molecule has 1 N–H and O–H groups in total. The summed E-state index contributed by atoms with van der Waals surface area (Å²) in [7, 11) is 0. The Morgan fingerprint density at radius 1 is 1.30 bits per heavy atom. The highest BCUT2D eigenvalue weighted by Gasteiger charge is 2.35. The molecule has 20 heavy (non-hydrogen) atoms. The second kappa shape index (κ2) is 7.24. The molecule has 0 aliphatic carbocycles. The van der Waals surface area contributed by atoms with E-state index < -0.39 is 0 Å². The molecule has 0 spiro atoms. The Morgan fingerprint density at radius 2 is 2.00 bits per heavy atom. The molecule has 2 aliphatic rings. The van der Waals surface area contributed by atoms with Gasteiger partial charge in [-0.2, -0.15) is 0 Å². The van der Waals surface area contributed by atoms with Gasteiger partial charge in [0.25, 0.3) is 0 Å². The summed E-state index contributed by atoms with van der Waals surface area (Å²) in [6.45, 7) is 15.0. The van der Waals surface area contributed by atoms with Crippen LogP contribution in [0, 0.1) is 11.3 Å². The summed E-state index contributed by atoms with van der Waals surface area (Å²) in [4.78, 5) is 2.78. The van der Waals surface area contributed by atoms with Crippen molar-refractivity contribution < 1.29 is 4.74 Å². The standard InChI is InChI=1S/C17H34N2O/c1-5-14(3)16-12-19(15(6-2)11-18-16)13-17(4)7-9-20-10-8-17/h14-16,18H,5-13H2,1-4H3. The number of rotatable bonds is 5. The Balaban J connectivity index is 1.97. The predicted octanol–water partition coefficient (Wildman–Crippen LogP) is 2.90. The molecular formula is C17H34N2O. The first-order chi connectivity index (χ1) is 9.58. The quantitative estimate of drug-likeness (QED) is 0.839. The van der Waals surface area contributed by atoms with Gasteiger partial charge in [-0.15, -0.1) is 0 Å². The van der Waals surface area contributed by atoms with Crippen LogP contribution >= 0.6 is 0 Å². The summed E-state index contributed by atoms with van der Waals surface area (Å²) in [6.07, 6.45) is 4.98. The van der Waals surface area contributed by atoms with Crippen LogP contribution in [0.5, 0.6) is 0 Å². The first-order valence-corrected chi connectivity index (χ1v) is 8.63. The van der Waals surface area contributed by atoms with Crippen LogP contribution in [0.25, 0.3) is 0 Å². The number of hydrogen-bond donors (Lipinski definition) is 1. The van der Waals surface area contributed by atoms with Gasteiger partial charge >= 0.3 is 0 Å². The maximum absolute atomic E-state index is 5.55. The van der Waals surface area contributed by atoms with Gasteiger partial charge in [-0.25, -0.2) is 0 Å². The number of hydrogen-bond acceptors (Lipinski definition) is 3. The van der Waals surface area contributed by atoms with Crippen molar-refractivity contribution in [1.29, 1.82) is 0 Å². The van der Waals surface area contributed by atoms with Gasteiger partial charge < -0.3 is 10.1 Å². The van der Waals surface area contributed by atoms with Crippen LogP contribution in [0.2, 0.25) is 0 Å². The lowest BCUT2D eigenvalue weighted by Crippen LogP contribution is -2.60. The lowest BCUT2D eigenvalue weighted by atomic mass is 9.81. The van der Waals surface area contributed by atoms with E-state index in [1.54, 1.807) is 0 Å². The molecule has 118 valence electrons. The van der Waals surface area contributed by atoms with Gasteiger partial charge in [0.2, 0.25) is 0 Å². The molecule has 0 bridgehead atoms. The summed E-state index contributed by atoms with van der Waals surface area (Å²) in [6, 6.07) is 1.39. The molecular weight excluding hydrogens is 248 g/mol. The average molecular weight is 282 g/mol. The highest BCUT2D eigenvalue weighted by Crippen LogP contribution is 2.32. The van der Waals surface area contributed by atoms with Crippen LogP contribution in [0.3, 0.4) is 0 Å². The van der Waals surface area contributed by atoms with Crippen molar-refractivity contribution in [2.45, 2.75) is 65.5 Å². The van der Waals surface area contributed by atoms with Crippen LogP contribution < -0.4 is 5.32 Å². The fourth-order valence-corrected chi connectivity index (χ4v) is 3.66. The Hall–Kier alpha value is -0.120. The maximum Gasteiger partial charge on any atom is 0.0471 e. The van der Waals surface area contributed by atoms with E-state index in [-0.39, 0.29) is 0 Å². The topological polar surface area (TPSA) is 24.5 Å². The highest BCUT2D eigenvalue weighted by atomic mass is 16.5. The van der Waals surface area contributed by atoms with Crippen LogP contribution in [-0.4, -0.2) is 49.8 Å². The van der Waals surface area contributed by atoms with E-state index in [4.69, 9.17) is 4.74 Å². The third kappa shape index (κ3) is 3.96. The SMILES string of the molecule is CCC(C)C1CN(CC2(C)CCOCC2)C(CC)CN1. The Kier molecular flexibility index (Phi) is 5.88. The number of piperazine rings is 1. The van der Waals surface area contributed by atoms with Gasteiger partial charge in [-0.1, -0.05) is 34.1 Å². The monoisotopic (exact) mass is 282 g/mol. The van der Waals surface area contributed by atoms with Crippen molar-refractivity contribution >= 4 is 0 Å². The summed E-state index contributed by atoms with van der Waals surface area (Å²) in [5.74, 6) is 0.776. The molecule has 0 amide bonds. The number of ether oxygens (including phenoxy) is 1. The molecule has 3 heteroatoms. The predicted molar refractivity (Wildman–Crippen MR) is 85.1 cm³/mol. The normalized spacial score (nSPS) is 33.0. The first-order valence-electron chi connectivity index (χ1n) is 8.63. The minimum atomic E-state index is 0.461. The van der Waals surface area contributed by atoms with Gasteiger partial charge in [0.05, 0.1) is 0 Å². The van der Waals surface area contributed by atoms with E-state index in [1.807, 2.05) is 0 Å². The van der Waals surface area contributed by atoms with Crippen LogP contribution in [0.15, 0.2) is 0 Å². The molecule has 3 unspecified atom stereocenters. The van der Waals surface area contributed by atoms with Gasteiger partial charge in [0, 0.05) is 44.9 Å². The molecule has 3 atom stereocenters. The lowest BCUT2D eigenvalue weighted by molar-refractivity contribution is -0.0136. The third-order valence-corrected chi connectivity index (χ3v) is 5.65. The van der Waals surface area contributed by atoms with Crippen molar-refractivity contribution in [3.63, 3.8) is 0 Å². The molecule has 2 heterocycles. The molecule has 0 radical (unpaired) electrons. The van der Waals surface area contributed by atoms with Crippen molar-refractivity contribution in [1.82, 2.24) is 10.2 Å². The Bertz CT molecular complexity index is 289. The average Bonchev–Trinajstić information content (AvgIpc) is 2.46. The molecule has 2 rings (SSSR count). The van der Waals surface area contributed by atoms with E-state index in [9.17, 15) is 0 Å². The van der Waals surface area contributed by atoms with Crippen LogP contribution in [-0.2, 0) is 4.74 Å². The summed E-state index contributed by atoms with van der Waals surface area (Å²) in [5, 5.41) is 3.78. The maximum atomic E-state index is 5.55. The Labute approximate surface area is 125 Å². The Morgan fingerprint density at radius 3 is 2.60 bits per heavy atom. The lowest BCUT2D eigenvalue weighted by Gasteiger charge is -2.47. The molecule has 3 nitrogen and oxygen atoms in total. The van der Waals surface area contributed by atoms with Crippen molar-refractivity contribution in [3.8, 4) is 0 Å². The molecule has 0 aromatic carbocycles. The van der Waals surface area contributed by atoms with E-state index in [1.165, 1.54) is 38.8 Å². The smallest absolute Gasteiger partial charge is 0.0471 e. The van der Waals surface area contributed by atoms with E-state index in [0.29, 0.717) is 11.5 Å². The van der Waals surface area contributed by atoms with E-state index in [2.05, 4.69) is 37.9 Å². The summed E-state index contributed by atoms with van der Waals surface area (Å²) in [5.41, 5.74) is 0.461.